The van der Waals surface area contributed by atoms with Crippen LogP contribution < -0.4 is 10.9 Å². The van der Waals surface area contributed by atoms with Crippen molar-refractivity contribution in [3.05, 3.63) is 59.6 Å². The van der Waals surface area contributed by atoms with Crippen LogP contribution in [0.1, 0.15) is 58.6 Å². The third-order valence-corrected chi connectivity index (χ3v) is 4.70. The topological polar surface area (TPSA) is 91.0 Å². The first-order valence-corrected chi connectivity index (χ1v) is 8.96. The van der Waals surface area contributed by atoms with Crippen LogP contribution >= 0.6 is 12.6 Å². The minimum Gasteiger partial charge on any atom is -0.464 e. The van der Waals surface area contributed by atoms with E-state index in [4.69, 9.17) is 15.3 Å². The Morgan fingerprint density at radius 3 is 2.04 bits per heavy atom. The van der Waals surface area contributed by atoms with E-state index < -0.39 is 16.8 Å². The second-order valence-corrected chi connectivity index (χ2v) is 9.01. The van der Waals surface area contributed by atoms with E-state index in [1.807, 2.05) is 41.5 Å². The maximum Gasteiger partial charge on any atom is 0.233 e. The molecule has 0 fully saturated rings. The minimum absolute atomic E-state index is 0.0480. The summed E-state index contributed by atoms with van der Waals surface area (Å²) in [6.45, 7) is 12.0. The van der Waals surface area contributed by atoms with Crippen molar-refractivity contribution in [2.24, 2.45) is 10.8 Å². The number of thiol groups is 1. The maximum atomic E-state index is 12.1. The van der Waals surface area contributed by atoms with Crippen molar-refractivity contribution >= 4 is 18.7 Å². The Hall–Kier alpha value is -2.57. The van der Waals surface area contributed by atoms with E-state index in [1.165, 1.54) is 6.08 Å². The van der Waals surface area contributed by atoms with Crippen molar-refractivity contribution in [3.63, 3.8) is 0 Å². The van der Waals surface area contributed by atoms with Crippen molar-refractivity contribution in [1.82, 2.24) is 0 Å². The Kier molecular flexibility index (Phi) is 5.27. The number of hydrogen-bond acceptors (Lipinski definition) is 6. The Balaban J connectivity index is 2.72. The standard InChI is InChI=1S/C21H22N2O3S/c1-20(2,3)14-8-11(18(27)19(26-14)21(4,5)6)7-13-15(12(9-22)10-23)17(25)16(13)24/h7-8,12,27H,1-6H3. The SMILES string of the molecule is CC(C)(C)C1=CC(=Cc2c(C(C#N)C#N)c(=O)c2=O)C(S)=C(C(C)(C)C)O1. The predicted molar refractivity (Wildman–Crippen MR) is 107 cm³/mol. The van der Waals surface area contributed by atoms with Gasteiger partial charge in [-0.1, -0.05) is 41.5 Å². The van der Waals surface area contributed by atoms with Gasteiger partial charge in [-0.15, -0.1) is 12.6 Å². The zero-order chi connectivity index (χ0) is 20.7. The van der Waals surface area contributed by atoms with Crippen LogP contribution in [0.4, 0.5) is 0 Å². The van der Waals surface area contributed by atoms with Crippen LogP contribution in [0.15, 0.2) is 37.7 Å². The Bertz CT molecular complexity index is 1020. The van der Waals surface area contributed by atoms with Gasteiger partial charge in [0.05, 0.1) is 17.0 Å². The Morgan fingerprint density at radius 2 is 1.59 bits per heavy atom. The monoisotopic (exact) mass is 382 g/mol. The van der Waals surface area contributed by atoms with Crippen LogP contribution in [0.25, 0.3) is 6.08 Å². The van der Waals surface area contributed by atoms with Gasteiger partial charge in [0, 0.05) is 22.0 Å². The molecule has 1 aromatic carbocycles. The molecule has 0 saturated heterocycles. The molecule has 2 rings (SSSR count). The highest BCUT2D eigenvalue weighted by molar-refractivity contribution is 7.84. The van der Waals surface area contributed by atoms with Crippen molar-refractivity contribution in [2.75, 3.05) is 0 Å². The van der Waals surface area contributed by atoms with Gasteiger partial charge >= 0.3 is 0 Å². The molecule has 0 saturated carbocycles. The van der Waals surface area contributed by atoms with E-state index in [9.17, 15) is 9.59 Å². The van der Waals surface area contributed by atoms with E-state index in [0.29, 0.717) is 22.0 Å². The quantitative estimate of drug-likeness (QED) is 0.618. The molecular weight excluding hydrogens is 360 g/mol. The highest BCUT2D eigenvalue weighted by Crippen LogP contribution is 2.43. The van der Waals surface area contributed by atoms with Gasteiger partial charge in [0.15, 0.2) is 5.92 Å². The van der Waals surface area contributed by atoms with E-state index in [-0.39, 0.29) is 22.0 Å². The number of nitrogens with zero attached hydrogens (tertiary/aromatic N) is 2. The van der Waals surface area contributed by atoms with Gasteiger partial charge in [-0.3, -0.25) is 9.59 Å². The highest BCUT2D eigenvalue weighted by atomic mass is 32.1. The van der Waals surface area contributed by atoms with Gasteiger partial charge in [-0.05, 0) is 17.7 Å². The first-order valence-electron chi connectivity index (χ1n) is 8.51. The first-order chi connectivity index (χ1) is 12.3. The number of ether oxygens (including phenoxy) is 1. The molecule has 1 aromatic rings. The zero-order valence-electron chi connectivity index (χ0n) is 16.3. The molecule has 0 aromatic heterocycles. The van der Waals surface area contributed by atoms with Crippen LogP contribution in [-0.4, -0.2) is 0 Å². The lowest BCUT2D eigenvalue weighted by Gasteiger charge is -2.34. The van der Waals surface area contributed by atoms with Crippen molar-refractivity contribution in [3.8, 4) is 12.1 Å². The molecule has 0 N–H and O–H groups in total. The van der Waals surface area contributed by atoms with Gasteiger partial charge in [0.25, 0.3) is 0 Å². The molecule has 1 heterocycles. The summed E-state index contributed by atoms with van der Waals surface area (Å²) in [5.41, 5.74) is -1.43. The lowest BCUT2D eigenvalue weighted by Crippen LogP contribution is -2.39. The zero-order valence-corrected chi connectivity index (χ0v) is 17.2. The first kappa shape index (κ1) is 20.7. The van der Waals surface area contributed by atoms with Crippen molar-refractivity contribution in [2.45, 2.75) is 47.5 Å². The molecule has 6 heteroatoms. The molecule has 27 heavy (non-hydrogen) atoms. The van der Waals surface area contributed by atoms with Gasteiger partial charge in [0.2, 0.25) is 10.9 Å². The summed E-state index contributed by atoms with van der Waals surface area (Å²) in [6, 6.07) is 3.51. The van der Waals surface area contributed by atoms with Crippen LogP contribution in [0.5, 0.6) is 0 Å². The van der Waals surface area contributed by atoms with E-state index in [1.54, 1.807) is 18.2 Å². The normalized spacial score (nSPS) is 17.0. The second-order valence-electron chi connectivity index (χ2n) is 8.56. The van der Waals surface area contributed by atoms with E-state index in [2.05, 4.69) is 12.6 Å². The fraction of sp³-hybridized carbons (Fsp3) is 0.429. The average molecular weight is 382 g/mol. The maximum absolute atomic E-state index is 12.1. The molecule has 140 valence electrons. The molecule has 0 atom stereocenters. The smallest absolute Gasteiger partial charge is 0.233 e. The largest absolute Gasteiger partial charge is 0.464 e. The van der Waals surface area contributed by atoms with Gasteiger partial charge in [-0.25, -0.2) is 0 Å². The van der Waals surface area contributed by atoms with Crippen LogP contribution in [0.2, 0.25) is 0 Å². The lowest BCUT2D eigenvalue weighted by atomic mass is 9.85. The van der Waals surface area contributed by atoms with Gasteiger partial charge < -0.3 is 4.74 Å². The Labute approximate surface area is 164 Å². The molecule has 1 aliphatic rings. The third kappa shape index (κ3) is 3.77. The number of rotatable bonds is 2. The van der Waals surface area contributed by atoms with Gasteiger partial charge in [0.1, 0.15) is 11.5 Å². The summed E-state index contributed by atoms with van der Waals surface area (Å²) in [6.07, 6.45) is 3.31. The third-order valence-electron chi connectivity index (χ3n) is 4.24. The minimum atomic E-state index is -1.26. The summed E-state index contributed by atoms with van der Waals surface area (Å²) in [7, 11) is 0. The fourth-order valence-corrected chi connectivity index (χ4v) is 3.20. The molecule has 1 aliphatic heterocycles. The predicted octanol–water partition coefficient (Wildman–Crippen LogP) is 3.94. The number of nitriles is 2. The molecule has 0 aliphatic carbocycles. The van der Waals surface area contributed by atoms with Crippen molar-refractivity contribution < 1.29 is 4.74 Å². The molecule has 0 amide bonds. The number of hydrogen-bond donors (Lipinski definition) is 1. The highest BCUT2D eigenvalue weighted by Gasteiger charge is 2.33. The van der Waals surface area contributed by atoms with Crippen LogP contribution in [0.3, 0.4) is 0 Å². The summed E-state index contributed by atoms with van der Waals surface area (Å²) in [4.78, 5) is 24.5. The molecule has 0 radical (unpaired) electrons. The molecule has 5 nitrogen and oxygen atoms in total. The second kappa shape index (κ2) is 6.87. The molecule has 0 unspecified atom stereocenters. The van der Waals surface area contributed by atoms with E-state index >= 15 is 0 Å². The average Bonchev–Trinajstić information content (AvgIpc) is 2.56. The fourth-order valence-electron chi connectivity index (χ4n) is 2.69. The Morgan fingerprint density at radius 1 is 1.04 bits per heavy atom. The van der Waals surface area contributed by atoms with E-state index in [0.717, 1.165) is 0 Å². The van der Waals surface area contributed by atoms with Crippen LogP contribution in [-0.2, 0) is 4.74 Å². The lowest BCUT2D eigenvalue weighted by molar-refractivity contribution is 0.160. The number of allylic oxidation sites excluding steroid dienone is 4. The van der Waals surface area contributed by atoms with Crippen molar-refractivity contribution in [1.29, 1.82) is 10.5 Å². The summed E-state index contributed by atoms with van der Waals surface area (Å²) in [5.74, 6) is 0.0955. The van der Waals surface area contributed by atoms with Gasteiger partial charge in [-0.2, -0.15) is 10.5 Å². The summed E-state index contributed by atoms with van der Waals surface area (Å²) < 4.78 is 6.11. The summed E-state index contributed by atoms with van der Waals surface area (Å²) >= 11 is 4.59. The molecule has 0 spiro atoms. The summed E-state index contributed by atoms with van der Waals surface area (Å²) in [5, 5.41) is 18.2. The molecular formula is C21H22N2O3S. The molecule has 0 bridgehead atoms. The van der Waals surface area contributed by atoms with Crippen LogP contribution in [0, 0.1) is 33.5 Å².